The molecule has 1 atom stereocenters. The average molecular weight is 227 g/mol. The molecule has 0 aromatic carbocycles. The second-order valence-electron chi connectivity index (χ2n) is 5.30. The molecular formula is C13H25NO2. The summed E-state index contributed by atoms with van der Waals surface area (Å²) >= 11 is 0. The summed E-state index contributed by atoms with van der Waals surface area (Å²) in [4.78, 5) is 13.3. The van der Waals surface area contributed by atoms with E-state index in [0.29, 0.717) is 6.04 Å². The van der Waals surface area contributed by atoms with Gasteiger partial charge in [0, 0.05) is 12.6 Å². The first-order valence-electron chi connectivity index (χ1n) is 6.47. The van der Waals surface area contributed by atoms with Gasteiger partial charge >= 0.3 is 5.97 Å². The number of carboxylic acid groups (broad SMARTS) is 1. The molecule has 3 heteroatoms. The Kier molecular flexibility index (Phi) is 5.26. The van der Waals surface area contributed by atoms with Gasteiger partial charge in [-0.15, -0.1) is 0 Å². The molecule has 0 radical (unpaired) electrons. The molecular weight excluding hydrogens is 202 g/mol. The Labute approximate surface area is 98.8 Å². The molecule has 0 spiro atoms. The number of carbonyl (C=O) groups is 1. The van der Waals surface area contributed by atoms with Gasteiger partial charge in [0.2, 0.25) is 0 Å². The van der Waals surface area contributed by atoms with Crippen LogP contribution >= 0.6 is 0 Å². The number of hydrogen-bond acceptors (Lipinski definition) is 2. The van der Waals surface area contributed by atoms with E-state index >= 15 is 0 Å². The predicted molar refractivity (Wildman–Crippen MR) is 65.5 cm³/mol. The normalized spacial score (nSPS) is 28.0. The zero-order valence-corrected chi connectivity index (χ0v) is 10.8. The Morgan fingerprint density at radius 1 is 1.38 bits per heavy atom. The third-order valence-electron chi connectivity index (χ3n) is 3.97. The van der Waals surface area contributed by atoms with Crippen molar-refractivity contribution >= 4 is 5.97 Å². The Bertz CT molecular complexity index is 222. The predicted octanol–water partition coefficient (Wildman–Crippen LogP) is 2.61. The number of nitrogens with zero attached hydrogens (tertiary/aromatic N) is 1. The topological polar surface area (TPSA) is 40.5 Å². The van der Waals surface area contributed by atoms with E-state index in [2.05, 4.69) is 25.8 Å². The Balaban J connectivity index is 2.32. The van der Waals surface area contributed by atoms with Crippen LogP contribution in [0.15, 0.2) is 0 Å². The third-order valence-corrected chi connectivity index (χ3v) is 3.97. The molecule has 0 unspecified atom stereocenters. The quantitative estimate of drug-likeness (QED) is 0.785. The molecule has 1 aliphatic carbocycles. The Morgan fingerprint density at radius 2 is 1.94 bits per heavy atom. The second kappa shape index (κ2) is 6.24. The maximum absolute atomic E-state index is 10.8. The van der Waals surface area contributed by atoms with Crippen LogP contribution in [0.3, 0.4) is 0 Å². The highest BCUT2D eigenvalue weighted by Crippen LogP contribution is 2.27. The van der Waals surface area contributed by atoms with E-state index in [0.717, 1.165) is 38.1 Å². The number of aliphatic carboxylic acids is 1. The highest BCUT2D eigenvalue weighted by Gasteiger charge is 2.27. The summed E-state index contributed by atoms with van der Waals surface area (Å²) in [6, 6.07) is 0.601. The van der Waals surface area contributed by atoms with Gasteiger partial charge in [-0.3, -0.25) is 4.79 Å². The van der Waals surface area contributed by atoms with Gasteiger partial charge in [0.05, 0.1) is 5.92 Å². The fraction of sp³-hybridized carbons (Fsp3) is 0.923. The summed E-state index contributed by atoms with van der Waals surface area (Å²) in [5, 5.41) is 8.93. The molecule has 1 fully saturated rings. The van der Waals surface area contributed by atoms with E-state index in [9.17, 15) is 4.79 Å². The lowest BCUT2D eigenvalue weighted by molar-refractivity contribution is -0.143. The van der Waals surface area contributed by atoms with Crippen LogP contribution in [-0.4, -0.2) is 35.6 Å². The minimum Gasteiger partial charge on any atom is -0.481 e. The largest absolute Gasteiger partial charge is 0.481 e. The van der Waals surface area contributed by atoms with Crippen LogP contribution in [-0.2, 0) is 4.79 Å². The van der Waals surface area contributed by atoms with Crippen LogP contribution in [0.4, 0.5) is 0 Å². The average Bonchev–Trinajstić information content (AvgIpc) is 2.28. The fourth-order valence-corrected chi connectivity index (χ4v) is 2.53. The van der Waals surface area contributed by atoms with Crippen molar-refractivity contribution in [2.24, 2.45) is 11.8 Å². The molecule has 0 aromatic heterocycles. The van der Waals surface area contributed by atoms with E-state index in [1.807, 2.05) is 0 Å². The second-order valence-corrected chi connectivity index (χ2v) is 5.30. The molecule has 0 aromatic rings. The van der Waals surface area contributed by atoms with Crippen molar-refractivity contribution in [1.29, 1.82) is 0 Å². The number of rotatable bonds is 5. The first-order chi connectivity index (χ1) is 7.54. The lowest BCUT2D eigenvalue weighted by atomic mass is 9.85. The van der Waals surface area contributed by atoms with Crippen molar-refractivity contribution in [2.75, 3.05) is 13.6 Å². The van der Waals surface area contributed by atoms with Gasteiger partial charge in [-0.1, -0.05) is 20.3 Å². The van der Waals surface area contributed by atoms with E-state index in [4.69, 9.17) is 5.11 Å². The number of hydrogen-bond donors (Lipinski definition) is 1. The monoisotopic (exact) mass is 227 g/mol. The highest BCUT2D eigenvalue weighted by atomic mass is 16.4. The standard InChI is InChI=1S/C13H25NO2/c1-4-10(2)9-14(3)12-7-5-11(6-8-12)13(15)16/h10-12H,4-9H2,1-3H3,(H,15,16)/t10-,11?,12?/m0/s1. The first kappa shape index (κ1) is 13.5. The molecule has 1 rings (SSSR count). The van der Waals surface area contributed by atoms with Crippen LogP contribution in [0.25, 0.3) is 0 Å². The van der Waals surface area contributed by atoms with Gasteiger partial charge in [0.15, 0.2) is 0 Å². The summed E-state index contributed by atoms with van der Waals surface area (Å²) in [7, 11) is 2.18. The maximum atomic E-state index is 10.8. The smallest absolute Gasteiger partial charge is 0.306 e. The van der Waals surface area contributed by atoms with E-state index in [-0.39, 0.29) is 5.92 Å². The van der Waals surface area contributed by atoms with Crippen molar-refractivity contribution in [3.63, 3.8) is 0 Å². The summed E-state index contributed by atoms with van der Waals surface area (Å²) in [6.07, 6.45) is 5.01. The molecule has 0 amide bonds. The lowest BCUT2D eigenvalue weighted by Gasteiger charge is -2.34. The van der Waals surface area contributed by atoms with Crippen LogP contribution in [0.5, 0.6) is 0 Å². The maximum Gasteiger partial charge on any atom is 0.306 e. The van der Waals surface area contributed by atoms with Gasteiger partial charge in [0.1, 0.15) is 0 Å². The van der Waals surface area contributed by atoms with Crippen molar-refractivity contribution in [2.45, 2.75) is 52.0 Å². The lowest BCUT2D eigenvalue weighted by Crippen LogP contribution is -2.38. The molecule has 0 bridgehead atoms. The molecule has 16 heavy (non-hydrogen) atoms. The van der Waals surface area contributed by atoms with Crippen molar-refractivity contribution in [3.8, 4) is 0 Å². The van der Waals surface area contributed by atoms with Gasteiger partial charge in [-0.2, -0.15) is 0 Å². The highest BCUT2D eigenvalue weighted by molar-refractivity contribution is 5.70. The van der Waals surface area contributed by atoms with Crippen LogP contribution < -0.4 is 0 Å². The van der Waals surface area contributed by atoms with Gasteiger partial charge in [0.25, 0.3) is 0 Å². The Morgan fingerprint density at radius 3 is 2.38 bits per heavy atom. The van der Waals surface area contributed by atoms with Crippen molar-refractivity contribution in [1.82, 2.24) is 4.90 Å². The molecule has 94 valence electrons. The van der Waals surface area contributed by atoms with Crippen molar-refractivity contribution < 1.29 is 9.90 Å². The SMILES string of the molecule is CC[C@H](C)CN(C)C1CCC(C(=O)O)CC1. The van der Waals surface area contributed by atoms with Crippen LogP contribution in [0.1, 0.15) is 46.0 Å². The molecule has 0 heterocycles. The van der Waals surface area contributed by atoms with E-state index < -0.39 is 5.97 Å². The first-order valence-corrected chi connectivity index (χ1v) is 6.47. The molecule has 1 saturated carbocycles. The summed E-state index contributed by atoms with van der Waals surface area (Å²) in [5.41, 5.74) is 0. The molecule has 1 aliphatic rings. The molecule has 0 saturated heterocycles. The van der Waals surface area contributed by atoms with E-state index in [1.165, 1.54) is 6.42 Å². The van der Waals surface area contributed by atoms with Crippen molar-refractivity contribution in [3.05, 3.63) is 0 Å². The third kappa shape index (κ3) is 3.78. The fourth-order valence-electron chi connectivity index (χ4n) is 2.53. The van der Waals surface area contributed by atoms with Gasteiger partial charge in [-0.25, -0.2) is 0 Å². The van der Waals surface area contributed by atoms with Crippen LogP contribution in [0, 0.1) is 11.8 Å². The van der Waals surface area contributed by atoms with Gasteiger partial charge in [-0.05, 0) is 38.6 Å². The zero-order valence-electron chi connectivity index (χ0n) is 10.8. The zero-order chi connectivity index (χ0) is 12.1. The summed E-state index contributed by atoms with van der Waals surface area (Å²) < 4.78 is 0. The minimum atomic E-state index is -0.608. The summed E-state index contributed by atoms with van der Waals surface area (Å²) in [5.74, 6) is 0.0403. The molecule has 1 N–H and O–H groups in total. The van der Waals surface area contributed by atoms with Gasteiger partial charge < -0.3 is 10.0 Å². The Hall–Kier alpha value is -0.570. The minimum absolute atomic E-state index is 0.0896. The molecule has 0 aliphatic heterocycles. The molecule has 3 nitrogen and oxygen atoms in total. The number of carboxylic acids is 1. The summed E-state index contributed by atoms with van der Waals surface area (Å²) in [6.45, 7) is 5.64. The van der Waals surface area contributed by atoms with Crippen LogP contribution in [0.2, 0.25) is 0 Å². The van der Waals surface area contributed by atoms with E-state index in [1.54, 1.807) is 0 Å².